The van der Waals surface area contributed by atoms with Crippen LogP contribution < -0.4 is 10.1 Å². The van der Waals surface area contributed by atoms with Crippen molar-refractivity contribution in [2.45, 2.75) is 65.3 Å². The molecule has 1 aliphatic rings. The average Bonchev–Trinajstić information content (AvgIpc) is 3.27. The lowest BCUT2D eigenvalue weighted by molar-refractivity contribution is 0.296. The van der Waals surface area contributed by atoms with Crippen molar-refractivity contribution < 1.29 is 4.74 Å². The smallest absolute Gasteiger partial charge is 0.126 e. The fourth-order valence-electron chi connectivity index (χ4n) is 2.85. The topological polar surface area (TPSA) is 21.3 Å². The molecule has 0 radical (unpaired) electrons. The lowest BCUT2D eigenvalue weighted by Gasteiger charge is -2.20. The molecule has 1 atom stereocenters. The van der Waals surface area contributed by atoms with Crippen molar-refractivity contribution in [1.29, 1.82) is 0 Å². The molecule has 2 rings (SSSR count). The van der Waals surface area contributed by atoms with Gasteiger partial charge in [-0.05, 0) is 48.6 Å². The molecule has 1 aromatic rings. The fourth-order valence-corrected chi connectivity index (χ4v) is 2.85. The summed E-state index contributed by atoms with van der Waals surface area (Å²) in [5.41, 5.74) is 2.66. The Balaban J connectivity index is 1.96. The monoisotopic (exact) mass is 289 g/mol. The second-order valence-corrected chi connectivity index (χ2v) is 7.00. The van der Waals surface area contributed by atoms with Crippen molar-refractivity contribution >= 4 is 0 Å². The summed E-state index contributed by atoms with van der Waals surface area (Å²) < 4.78 is 6.18. The number of hydrogen-bond acceptors (Lipinski definition) is 2. The zero-order valence-corrected chi connectivity index (χ0v) is 14.3. The van der Waals surface area contributed by atoms with Gasteiger partial charge in [-0.2, -0.15) is 0 Å². The summed E-state index contributed by atoms with van der Waals surface area (Å²) in [6.45, 7) is 12.9. The van der Waals surface area contributed by atoms with Gasteiger partial charge in [-0.3, -0.25) is 0 Å². The summed E-state index contributed by atoms with van der Waals surface area (Å²) in [6, 6.07) is 7.20. The molecule has 0 aromatic heterocycles. The zero-order valence-electron chi connectivity index (χ0n) is 14.3. The number of ether oxygens (including phenoxy) is 1. The van der Waals surface area contributed by atoms with Gasteiger partial charge in [-0.1, -0.05) is 45.9 Å². The van der Waals surface area contributed by atoms with E-state index in [1.165, 1.54) is 24.0 Å². The highest BCUT2D eigenvalue weighted by atomic mass is 16.5. The van der Waals surface area contributed by atoms with Crippen LogP contribution in [0.4, 0.5) is 0 Å². The highest BCUT2D eigenvalue weighted by Crippen LogP contribution is 2.34. The molecule has 0 heterocycles. The number of hydrogen-bond donors (Lipinski definition) is 1. The van der Waals surface area contributed by atoms with Crippen LogP contribution in [0, 0.1) is 5.92 Å². The molecule has 0 spiro atoms. The second-order valence-electron chi connectivity index (χ2n) is 7.00. The molecule has 1 fully saturated rings. The minimum atomic E-state index is 0.497. The van der Waals surface area contributed by atoms with Gasteiger partial charge in [0.2, 0.25) is 0 Å². The Morgan fingerprint density at radius 2 is 1.62 bits per heavy atom. The first-order chi connectivity index (χ1) is 10.0. The van der Waals surface area contributed by atoms with Crippen LogP contribution >= 0.6 is 0 Å². The Kier molecular flexibility index (Phi) is 5.69. The molecule has 2 nitrogen and oxygen atoms in total. The van der Waals surface area contributed by atoms with Crippen LogP contribution in [0.3, 0.4) is 0 Å². The van der Waals surface area contributed by atoms with Crippen molar-refractivity contribution in [3.05, 3.63) is 29.3 Å². The predicted octanol–water partition coefficient (Wildman–Crippen LogP) is 4.70. The molecule has 1 N–H and O–H groups in total. The van der Waals surface area contributed by atoms with Crippen LogP contribution in [0.2, 0.25) is 0 Å². The first-order valence-corrected chi connectivity index (χ1v) is 8.49. The summed E-state index contributed by atoms with van der Waals surface area (Å²) in [6.07, 6.45) is 2.78. The van der Waals surface area contributed by atoms with Gasteiger partial charge in [0.05, 0.1) is 0 Å². The van der Waals surface area contributed by atoms with Gasteiger partial charge in [0.1, 0.15) is 12.4 Å². The zero-order chi connectivity index (χ0) is 15.4. The van der Waals surface area contributed by atoms with E-state index in [4.69, 9.17) is 4.74 Å². The SMILES string of the molecule is CC(C)c1cccc(C(C)C)c1OCCNC(C)C1CC1. The minimum Gasteiger partial charge on any atom is -0.492 e. The molecule has 0 aliphatic heterocycles. The first-order valence-electron chi connectivity index (χ1n) is 8.49. The van der Waals surface area contributed by atoms with E-state index in [9.17, 15) is 0 Å². The fraction of sp³-hybridized carbons (Fsp3) is 0.684. The van der Waals surface area contributed by atoms with Crippen molar-refractivity contribution in [3.8, 4) is 5.75 Å². The maximum atomic E-state index is 6.18. The van der Waals surface area contributed by atoms with E-state index in [2.05, 4.69) is 58.1 Å². The normalized spacial score (nSPS) is 16.5. The van der Waals surface area contributed by atoms with E-state index in [1.54, 1.807) is 0 Å². The summed E-state index contributed by atoms with van der Waals surface area (Å²) in [5.74, 6) is 3.01. The van der Waals surface area contributed by atoms with Gasteiger partial charge in [-0.15, -0.1) is 0 Å². The third-order valence-corrected chi connectivity index (χ3v) is 4.46. The van der Waals surface area contributed by atoms with E-state index >= 15 is 0 Å². The van der Waals surface area contributed by atoms with Crippen LogP contribution in [0.5, 0.6) is 5.75 Å². The molecule has 118 valence electrons. The van der Waals surface area contributed by atoms with Crippen molar-refractivity contribution in [3.63, 3.8) is 0 Å². The first kappa shape index (κ1) is 16.4. The van der Waals surface area contributed by atoms with Gasteiger partial charge in [-0.25, -0.2) is 0 Å². The summed E-state index contributed by atoms with van der Waals surface area (Å²) in [7, 11) is 0. The molecule has 1 saturated carbocycles. The van der Waals surface area contributed by atoms with Gasteiger partial charge in [0.25, 0.3) is 0 Å². The third-order valence-electron chi connectivity index (χ3n) is 4.46. The highest BCUT2D eigenvalue weighted by molar-refractivity contribution is 5.44. The van der Waals surface area contributed by atoms with E-state index in [1.807, 2.05) is 0 Å². The van der Waals surface area contributed by atoms with Crippen LogP contribution in [0.1, 0.15) is 70.4 Å². The van der Waals surface area contributed by atoms with E-state index in [-0.39, 0.29) is 0 Å². The Bertz CT molecular complexity index is 423. The predicted molar refractivity (Wildman–Crippen MR) is 90.3 cm³/mol. The van der Waals surface area contributed by atoms with Crippen LogP contribution in [0.15, 0.2) is 18.2 Å². The van der Waals surface area contributed by atoms with E-state index < -0.39 is 0 Å². The molecule has 1 unspecified atom stereocenters. The van der Waals surface area contributed by atoms with Crippen LogP contribution in [-0.2, 0) is 0 Å². The molecule has 1 aliphatic carbocycles. The van der Waals surface area contributed by atoms with E-state index in [0.29, 0.717) is 17.9 Å². The van der Waals surface area contributed by atoms with Gasteiger partial charge >= 0.3 is 0 Å². The van der Waals surface area contributed by atoms with Gasteiger partial charge in [0, 0.05) is 12.6 Å². The lowest BCUT2D eigenvalue weighted by Crippen LogP contribution is -2.31. The Morgan fingerprint density at radius 3 is 2.10 bits per heavy atom. The maximum absolute atomic E-state index is 6.18. The molecule has 0 bridgehead atoms. The highest BCUT2D eigenvalue weighted by Gasteiger charge is 2.27. The van der Waals surface area contributed by atoms with Crippen molar-refractivity contribution in [1.82, 2.24) is 5.32 Å². The quantitative estimate of drug-likeness (QED) is 0.700. The van der Waals surface area contributed by atoms with Gasteiger partial charge < -0.3 is 10.1 Å². The minimum absolute atomic E-state index is 0.497. The molecule has 2 heteroatoms. The Morgan fingerprint density at radius 1 is 1.05 bits per heavy atom. The average molecular weight is 289 g/mol. The standard InChI is InChI=1S/C19H31NO/c1-13(2)17-7-6-8-18(14(3)4)19(17)21-12-11-20-15(5)16-9-10-16/h6-8,13-16,20H,9-12H2,1-5H3. The summed E-state index contributed by atoms with van der Waals surface area (Å²) in [5, 5.41) is 3.59. The number of para-hydroxylation sites is 1. The Labute approximate surface area is 130 Å². The van der Waals surface area contributed by atoms with E-state index in [0.717, 1.165) is 24.8 Å². The van der Waals surface area contributed by atoms with Crippen LogP contribution in [0.25, 0.3) is 0 Å². The number of rotatable bonds is 8. The molecule has 21 heavy (non-hydrogen) atoms. The summed E-state index contributed by atoms with van der Waals surface area (Å²) in [4.78, 5) is 0. The Hall–Kier alpha value is -1.02. The third kappa shape index (κ3) is 4.47. The lowest BCUT2D eigenvalue weighted by atomic mass is 9.94. The molecule has 0 amide bonds. The molecular weight excluding hydrogens is 258 g/mol. The molecular formula is C19H31NO. The molecule has 1 aromatic carbocycles. The van der Waals surface area contributed by atoms with Crippen molar-refractivity contribution in [2.24, 2.45) is 5.92 Å². The molecule has 0 saturated heterocycles. The number of nitrogens with one attached hydrogen (secondary N) is 1. The maximum Gasteiger partial charge on any atom is 0.126 e. The van der Waals surface area contributed by atoms with Crippen molar-refractivity contribution in [2.75, 3.05) is 13.2 Å². The van der Waals surface area contributed by atoms with Crippen LogP contribution in [-0.4, -0.2) is 19.2 Å². The van der Waals surface area contributed by atoms with Gasteiger partial charge in [0.15, 0.2) is 0 Å². The second kappa shape index (κ2) is 7.31. The number of benzene rings is 1. The summed E-state index contributed by atoms with van der Waals surface area (Å²) >= 11 is 0. The largest absolute Gasteiger partial charge is 0.492 e.